The van der Waals surface area contributed by atoms with E-state index in [9.17, 15) is 18.0 Å². The van der Waals surface area contributed by atoms with Gasteiger partial charge in [0.05, 0.1) is 5.56 Å². The third-order valence-electron chi connectivity index (χ3n) is 4.16. The average molecular weight is 330 g/mol. The summed E-state index contributed by atoms with van der Waals surface area (Å²) >= 11 is 0. The average Bonchev–Trinajstić information content (AvgIpc) is 2.96. The zero-order valence-corrected chi connectivity index (χ0v) is 13.0. The van der Waals surface area contributed by atoms with Crippen molar-refractivity contribution in [2.24, 2.45) is 0 Å². The molecule has 4 nitrogen and oxygen atoms in total. The summed E-state index contributed by atoms with van der Waals surface area (Å²) in [5, 5.41) is 9.04. The predicted octanol–water partition coefficient (Wildman–Crippen LogP) is 3.67. The van der Waals surface area contributed by atoms with Crippen molar-refractivity contribution >= 4 is 6.09 Å². The molecule has 1 fully saturated rings. The van der Waals surface area contributed by atoms with Crippen molar-refractivity contribution in [3.05, 3.63) is 35.4 Å². The molecule has 1 aromatic rings. The quantitative estimate of drug-likeness (QED) is 0.896. The van der Waals surface area contributed by atoms with E-state index in [1.807, 2.05) is 11.8 Å². The molecule has 1 N–H and O–H groups in total. The van der Waals surface area contributed by atoms with Gasteiger partial charge in [0.2, 0.25) is 0 Å². The summed E-state index contributed by atoms with van der Waals surface area (Å²) < 4.78 is 39.4. The molecule has 128 valence electrons. The molecule has 1 heterocycles. The van der Waals surface area contributed by atoms with E-state index in [0.29, 0.717) is 26.1 Å². The van der Waals surface area contributed by atoms with Crippen LogP contribution in [0.3, 0.4) is 0 Å². The van der Waals surface area contributed by atoms with E-state index in [-0.39, 0.29) is 18.2 Å². The van der Waals surface area contributed by atoms with Crippen LogP contribution in [0.4, 0.5) is 18.0 Å². The molecule has 0 saturated carbocycles. The third-order valence-corrected chi connectivity index (χ3v) is 4.16. The number of likely N-dealkylation sites (tertiary alicyclic amines) is 1. The Morgan fingerprint density at radius 2 is 2.09 bits per heavy atom. The number of carboxylic acid groups (broad SMARTS) is 1. The molecule has 0 bridgehead atoms. The normalized spacial score (nSPS) is 18.7. The minimum absolute atomic E-state index is 0.0349. The highest BCUT2D eigenvalue weighted by molar-refractivity contribution is 5.65. The standard InChI is InChI=1S/C16H21F3N2O2/c1-2-8-20(13-7-9-21(11-13)15(22)23)10-12-5-3-4-6-14(12)16(17,18)19/h3-6,13H,2,7-11H2,1H3,(H,22,23)/t13-/m0/s1. The molecule has 0 aromatic heterocycles. The maximum absolute atomic E-state index is 13.1. The van der Waals surface area contributed by atoms with Crippen molar-refractivity contribution in [2.75, 3.05) is 19.6 Å². The summed E-state index contributed by atoms with van der Waals surface area (Å²) in [5.74, 6) is 0. The van der Waals surface area contributed by atoms with Crippen molar-refractivity contribution < 1.29 is 23.1 Å². The molecule has 0 spiro atoms. The molecule has 1 amide bonds. The van der Waals surface area contributed by atoms with Crippen molar-refractivity contribution in [3.63, 3.8) is 0 Å². The largest absolute Gasteiger partial charge is 0.465 e. The number of carbonyl (C=O) groups is 1. The van der Waals surface area contributed by atoms with E-state index >= 15 is 0 Å². The van der Waals surface area contributed by atoms with Crippen molar-refractivity contribution in [1.82, 2.24) is 9.80 Å². The predicted molar refractivity (Wildman–Crippen MR) is 80.1 cm³/mol. The molecular weight excluding hydrogens is 309 g/mol. The number of alkyl halides is 3. The lowest BCUT2D eigenvalue weighted by atomic mass is 10.1. The smallest absolute Gasteiger partial charge is 0.416 e. The Morgan fingerprint density at radius 1 is 1.39 bits per heavy atom. The first kappa shape index (κ1) is 17.6. The van der Waals surface area contributed by atoms with Gasteiger partial charge in [-0.25, -0.2) is 4.79 Å². The van der Waals surface area contributed by atoms with Crippen LogP contribution in [0, 0.1) is 0 Å². The monoisotopic (exact) mass is 330 g/mol. The fraction of sp³-hybridized carbons (Fsp3) is 0.562. The Balaban J connectivity index is 2.16. The van der Waals surface area contributed by atoms with Gasteiger partial charge in [-0.15, -0.1) is 0 Å². The summed E-state index contributed by atoms with van der Waals surface area (Å²) in [6, 6.07) is 5.55. The Bertz CT molecular complexity index is 548. The number of rotatable bonds is 5. The number of hydrogen-bond donors (Lipinski definition) is 1. The first-order valence-electron chi connectivity index (χ1n) is 7.70. The first-order chi connectivity index (χ1) is 10.8. The highest BCUT2D eigenvalue weighted by atomic mass is 19.4. The van der Waals surface area contributed by atoms with Gasteiger partial charge in [0, 0.05) is 25.7 Å². The van der Waals surface area contributed by atoms with Crippen LogP contribution < -0.4 is 0 Å². The topological polar surface area (TPSA) is 43.8 Å². The number of nitrogens with zero attached hydrogens (tertiary/aromatic N) is 2. The second-order valence-electron chi connectivity index (χ2n) is 5.80. The molecule has 1 aliphatic heterocycles. The van der Waals surface area contributed by atoms with Gasteiger partial charge >= 0.3 is 12.3 Å². The molecule has 0 radical (unpaired) electrons. The Morgan fingerprint density at radius 3 is 2.65 bits per heavy atom. The van der Waals surface area contributed by atoms with E-state index in [2.05, 4.69) is 0 Å². The zero-order valence-electron chi connectivity index (χ0n) is 13.0. The summed E-state index contributed by atoms with van der Waals surface area (Å²) in [6.45, 7) is 3.57. The van der Waals surface area contributed by atoms with Crippen LogP contribution in [0.1, 0.15) is 30.9 Å². The van der Waals surface area contributed by atoms with Crippen LogP contribution in [0.25, 0.3) is 0 Å². The van der Waals surface area contributed by atoms with Crippen LogP contribution in [0.5, 0.6) is 0 Å². The van der Waals surface area contributed by atoms with Gasteiger partial charge in [-0.2, -0.15) is 13.2 Å². The molecule has 1 atom stereocenters. The van der Waals surface area contributed by atoms with E-state index in [4.69, 9.17) is 5.11 Å². The van der Waals surface area contributed by atoms with Crippen molar-refractivity contribution in [1.29, 1.82) is 0 Å². The molecule has 1 aliphatic rings. The second kappa shape index (κ2) is 7.21. The minimum Gasteiger partial charge on any atom is -0.465 e. The second-order valence-corrected chi connectivity index (χ2v) is 5.80. The highest BCUT2D eigenvalue weighted by Crippen LogP contribution is 2.33. The van der Waals surface area contributed by atoms with E-state index in [1.165, 1.54) is 17.0 Å². The Labute approximate surface area is 133 Å². The Hall–Kier alpha value is -1.76. The maximum Gasteiger partial charge on any atom is 0.416 e. The van der Waals surface area contributed by atoms with Gasteiger partial charge in [0.25, 0.3) is 0 Å². The lowest BCUT2D eigenvalue weighted by molar-refractivity contribution is -0.138. The summed E-state index contributed by atoms with van der Waals surface area (Å²) in [5.41, 5.74) is -0.378. The molecule has 0 unspecified atom stereocenters. The summed E-state index contributed by atoms with van der Waals surface area (Å²) in [6.07, 6.45) is -3.89. The lowest BCUT2D eigenvalue weighted by Crippen LogP contribution is -2.39. The zero-order chi connectivity index (χ0) is 17.0. The number of benzene rings is 1. The van der Waals surface area contributed by atoms with Crippen molar-refractivity contribution in [2.45, 2.75) is 38.5 Å². The van der Waals surface area contributed by atoms with E-state index < -0.39 is 17.8 Å². The van der Waals surface area contributed by atoms with Gasteiger partial charge in [0.1, 0.15) is 0 Å². The number of amides is 1. The summed E-state index contributed by atoms with van der Waals surface area (Å²) in [4.78, 5) is 14.3. The van der Waals surface area contributed by atoms with Crippen LogP contribution in [-0.4, -0.2) is 46.7 Å². The van der Waals surface area contributed by atoms with E-state index in [1.54, 1.807) is 6.07 Å². The fourth-order valence-corrected chi connectivity index (χ4v) is 3.05. The molecule has 2 rings (SSSR count). The van der Waals surface area contributed by atoms with Gasteiger partial charge in [-0.05, 0) is 31.0 Å². The fourth-order valence-electron chi connectivity index (χ4n) is 3.05. The number of halogens is 3. The highest BCUT2D eigenvalue weighted by Gasteiger charge is 2.35. The minimum atomic E-state index is -4.38. The first-order valence-corrected chi connectivity index (χ1v) is 7.70. The SMILES string of the molecule is CCCN(Cc1ccccc1C(F)(F)F)[C@H]1CCN(C(=O)O)C1. The van der Waals surface area contributed by atoms with Gasteiger partial charge in [-0.1, -0.05) is 25.1 Å². The van der Waals surface area contributed by atoms with Crippen LogP contribution >= 0.6 is 0 Å². The molecular formula is C16H21F3N2O2. The maximum atomic E-state index is 13.1. The molecule has 1 aromatic carbocycles. The number of hydrogen-bond acceptors (Lipinski definition) is 2. The van der Waals surface area contributed by atoms with Crippen molar-refractivity contribution in [3.8, 4) is 0 Å². The molecule has 23 heavy (non-hydrogen) atoms. The van der Waals surface area contributed by atoms with Crippen LogP contribution in [0.15, 0.2) is 24.3 Å². The van der Waals surface area contributed by atoms with Gasteiger partial charge in [-0.3, -0.25) is 4.90 Å². The third kappa shape index (κ3) is 4.37. The lowest BCUT2D eigenvalue weighted by Gasteiger charge is -2.29. The molecule has 7 heteroatoms. The summed E-state index contributed by atoms with van der Waals surface area (Å²) in [7, 11) is 0. The van der Waals surface area contributed by atoms with Gasteiger partial charge in [0.15, 0.2) is 0 Å². The molecule has 0 aliphatic carbocycles. The van der Waals surface area contributed by atoms with E-state index in [0.717, 1.165) is 12.5 Å². The van der Waals surface area contributed by atoms with Crippen LogP contribution in [-0.2, 0) is 12.7 Å². The molecule has 1 saturated heterocycles. The van der Waals surface area contributed by atoms with Gasteiger partial charge < -0.3 is 10.0 Å². The van der Waals surface area contributed by atoms with Crippen LogP contribution in [0.2, 0.25) is 0 Å². The Kier molecular flexibility index (Phi) is 5.51.